The molecule has 2 N–H and O–H groups in total. The van der Waals surface area contributed by atoms with E-state index in [4.69, 9.17) is 14.6 Å². The van der Waals surface area contributed by atoms with Crippen molar-refractivity contribution in [2.75, 3.05) is 12.4 Å². The monoisotopic (exact) mass is 377 g/mol. The molecule has 0 aromatic heterocycles. The van der Waals surface area contributed by atoms with Gasteiger partial charge in [-0.2, -0.15) is 0 Å². The largest absolute Gasteiger partial charge is 0.493 e. The van der Waals surface area contributed by atoms with Gasteiger partial charge in [0.05, 0.1) is 12.7 Å². The number of anilines is 1. The van der Waals surface area contributed by atoms with Gasteiger partial charge in [0.15, 0.2) is 11.5 Å². The third kappa shape index (κ3) is 4.82. The third-order valence-electron chi connectivity index (χ3n) is 4.43. The molecule has 0 aliphatic heterocycles. The van der Waals surface area contributed by atoms with Crippen LogP contribution in [0.5, 0.6) is 11.5 Å². The topological polar surface area (TPSA) is 67.8 Å². The summed E-state index contributed by atoms with van der Waals surface area (Å²) < 4.78 is 11.4. The second kappa shape index (κ2) is 8.95. The molecule has 0 saturated carbocycles. The van der Waals surface area contributed by atoms with Gasteiger partial charge in [-0.05, 0) is 47.9 Å². The fraction of sp³-hybridized carbons (Fsp3) is 0.174. The summed E-state index contributed by atoms with van der Waals surface area (Å²) in [6.07, 6.45) is 0. The Kier molecular flexibility index (Phi) is 6.17. The van der Waals surface area contributed by atoms with Crippen molar-refractivity contribution in [3.8, 4) is 11.5 Å². The number of aryl methyl sites for hydroxylation is 1. The van der Waals surface area contributed by atoms with Gasteiger partial charge in [-0.25, -0.2) is 4.79 Å². The predicted molar refractivity (Wildman–Crippen MR) is 109 cm³/mol. The first kappa shape index (κ1) is 19.3. The molecular formula is C23H23NO4. The molecule has 0 bridgehead atoms. The van der Waals surface area contributed by atoms with Crippen molar-refractivity contribution in [2.45, 2.75) is 20.1 Å². The second-order valence-corrected chi connectivity index (χ2v) is 6.45. The lowest BCUT2D eigenvalue weighted by Crippen LogP contribution is -2.04. The van der Waals surface area contributed by atoms with Crippen molar-refractivity contribution in [1.29, 1.82) is 0 Å². The molecule has 3 rings (SSSR count). The lowest BCUT2D eigenvalue weighted by molar-refractivity contribution is 0.0697. The van der Waals surface area contributed by atoms with Crippen molar-refractivity contribution in [3.63, 3.8) is 0 Å². The van der Waals surface area contributed by atoms with Gasteiger partial charge in [0.1, 0.15) is 6.61 Å². The Bertz CT molecular complexity index is 954. The Hall–Kier alpha value is -3.47. The van der Waals surface area contributed by atoms with Crippen molar-refractivity contribution >= 4 is 11.7 Å². The van der Waals surface area contributed by atoms with Crippen LogP contribution in [-0.4, -0.2) is 18.2 Å². The Morgan fingerprint density at radius 3 is 2.46 bits per heavy atom. The molecule has 3 aromatic rings. The maximum absolute atomic E-state index is 11.2. The van der Waals surface area contributed by atoms with Crippen LogP contribution in [0.25, 0.3) is 0 Å². The molecule has 0 atom stereocenters. The number of carbonyl (C=O) groups is 1. The molecule has 0 amide bonds. The van der Waals surface area contributed by atoms with E-state index in [9.17, 15) is 4.79 Å². The summed E-state index contributed by atoms with van der Waals surface area (Å²) in [5.41, 5.74) is 4.13. The highest BCUT2D eigenvalue weighted by atomic mass is 16.5. The quantitative estimate of drug-likeness (QED) is 0.585. The first-order valence-corrected chi connectivity index (χ1v) is 8.98. The Morgan fingerprint density at radius 1 is 0.964 bits per heavy atom. The van der Waals surface area contributed by atoms with E-state index in [0.717, 1.165) is 22.4 Å². The van der Waals surface area contributed by atoms with E-state index >= 15 is 0 Å². The van der Waals surface area contributed by atoms with Crippen molar-refractivity contribution < 1.29 is 19.4 Å². The number of benzene rings is 3. The summed E-state index contributed by atoms with van der Waals surface area (Å²) in [7, 11) is 1.61. The highest BCUT2D eigenvalue weighted by molar-refractivity contribution is 5.89. The van der Waals surface area contributed by atoms with Gasteiger partial charge in [-0.15, -0.1) is 0 Å². The molecule has 3 aromatic carbocycles. The number of nitrogens with one attached hydrogen (secondary N) is 1. The minimum atomic E-state index is -0.940. The highest BCUT2D eigenvalue weighted by Crippen LogP contribution is 2.29. The van der Waals surface area contributed by atoms with Crippen LogP contribution in [0.15, 0.2) is 66.7 Å². The van der Waals surface area contributed by atoms with Crippen LogP contribution in [-0.2, 0) is 13.2 Å². The number of methoxy groups -OCH3 is 1. The van der Waals surface area contributed by atoms with Crippen molar-refractivity contribution in [3.05, 3.63) is 89.0 Å². The van der Waals surface area contributed by atoms with Gasteiger partial charge in [-0.3, -0.25) is 0 Å². The zero-order valence-corrected chi connectivity index (χ0v) is 15.9. The predicted octanol–water partition coefficient (Wildman–Crippen LogP) is 4.89. The van der Waals surface area contributed by atoms with Gasteiger partial charge in [0.2, 0.25) is 0 Å². The number of rotatable bonds is 8. The molecule has 0 radical (unpaired) electrons. The Balaban J connectivity index is 1.68. The normalized spacial score (nSPS) is 10.4. The maximum Gasteiger partial charge on any atom is 0.335 e. The molecule has 5 heteroatoms. The van der Waals surface area contributed by atoms with Crippen LogP contribution in [0, 0.1) is 6.92 Å². The highest BCUT2D eigenvalue weighted by Gasteiger charge is 2.09. The van der Waals surface area contributed by atoms with Crippen molar-refractivity contribution in [1.82, 2.24) is 0 Å². The first-order valence-electron chi connectivity index (χ1n) is 8.98. The minimum Gasteiger partial charge on any atom is -0.493 e. The Labute approximate surface area is 164 Å². The summed E-state index contributed by atoms with van der Waals surface area (Å²) in [5, 5.41) is 12.5. The molecule has 28 heavy (non-hydrogen) atoms. The Morgan fingerprint density at radius 2 is 1.75 bits per heavy atom. The van der Waals surface area contributed by atoms with E-state index in [-0.39, 0.29) is 5.56 Å². The number of aromatic carboxylic acids is 1. The minimum absolute atomic E-state index is 0.260. The number of hydrogen-bond acceptors (Lipinski definition) is 4. The van der Waals surface area contributed by atoms with Gasteiger partial charge in [0, 0.05) is 12.2 Å². The maximum atomic E-state index is 11.2. The summed E-state index contributed by atoms with van der Waals surface area (Å²) in [5.74, 6) is 0.398. The molecule has 5 nitrogen and oxygen atoms in total. The van der Waals surface area contributed by atoms with Crippen LogP contribution in [0.4, 0.5) is 5.69 Å². The SMILES string of the molecule is COc1cc(CNc2cc(C(=O)O)ccc2C)ccc1OCc1ccccc1. The van der Waals surface area contributed by atoms with Crippen LogP contribution < -0.4 is 14.8 Å². The van der Waals surface area contributed by atoms with Crippen LogP contribution >= 0.6 is 0 Å². The first-order chi connectivity index (χ1) is 13.6. The van der Waals surface area contributed by atoms with Gasteiger partial charge in [-0.1, -0.05) is 42.5 Å². The standard InChI is InChI=1S/C23H23NO4/c1-16-8-10-19(23(25)26)13-20(16)24-14-18-9-11-21(22(12-18)27-2)28-15-17-6-4-3-5-7-17/h3-13,24H,14-15H2,1-2H3,(H,25,26). The van der Waals surface area contributed by atoms with Gasteiger partial charge in [0.25, 0.3) is 0 Å². The smallest absolute Gasteiger partial charge is 0.335 e. The lowest BCUT2D eigenvalue weighted by atomic mass is 10.1. The zero-order valence-electron chi connectivity index (χ0n) is 15.9. The molecule has 0 aliphatic rings. The number of carboxylic acids is 1. The summed E-state index contributed by atoms with van der Waals surface area (Å²) in [6, 6.07) is 20.8. The van der Waals surface area contributed by atoms with E-state index in [1.54, 1.807) is 25.3 Å². The number of ether oxygens (including phenoxy) is 2. The van der Waals surface area contributed by atoms with Crippen LogP contribution in [0.3, 0.4) is 0 Å². The third-order valence-corrected chi connectivity index (χ3v) is 4.43. The zero-order chi connectivity index (χ0) is 19.9. The molecule has 0 aliphatic carbocycles. The molecule has 0 fully saturated rings. The lowest BCUT2D eigenvalue weighted by Gasteiger charge is -2.14. The average molecular weight is 377 g/mol. The second-order valence-electron chi connectivity index (χ2n) is 6.45. The van der Waals surface area contributed by atoms with E-state index in [2.05, 4.69) is 5.32 Å². The molecule has 0 heterocycles. The number of carboxylic acid groups (broad SMARTS) is 1. The fourth-order valence-electron chi connectivity index (χ4n) is 2.82. The molecule has 0 spiro atoms. The van der Waals surface area contributed by atoms with E-state index < -0.39 is 5.97 Å². The summed E-state index contributed by atoms with van der Waals surface area (Å²) in [4.78, 5) is 11.2. The fourth-order valence-corrected chi connectivity index (χ4v) is 2.82. The summed E-state index contributed by atoms with van der Waals surface area (Å²) in [6.45, 7) is 2.95. The molecule has 0 unspecified atom stereocenters. The van der Waals surface area contributed by atoms with Gasteiger partial charge < -0.3 is 19.9 Å². The van der Waals surface area contributed by atoms with Crippen LogP contribution in [0.2, 0.25) is 0 Å². The van der Waals surface area contributed by atoms with Crippen LogP contribution in [0.1, 0.15) is 27.0 Å². The summed E-state index contributed by atoms with van der Waals surface area (Å²) >= 11 is 0. The molecule has 144 valence electrons. The van der Waals surface area contributed by atoms with E-state index in [1.165, 1.54) is 0 Å². The van der Waals surface area contributed by atoms with Gasteiger partial charge >= 0.3 is 5.97 Å². The van der Waals surface area contributed by atoms with Crippen molar-refractivity contribution in [2.24, 2.45) is 0 Å². The van der Waals surface area contributed by atoms with E-state index in [0.29, 0.717) is 24.7 Å². The molecular weight excluding hydrogens is 354 g/mol. The molecule has 0 saturated heterocycles. The average Bonchev–Trinajstić information content (AvgIpc) is 2.72. The van der Waals surface area contributed by atoms with E-state index in [1.807, 2.05) is 55.5 Å². The number of hydrogen-bond donors (Lipinski definition) is 2.